The Morgan fingerprint density at radius 3 is 1.88 bits per heavy atom. The van der Waals surface area contributed by atoms with Crippen molar-refractivity contribution in [3.05, 3.63) is 258 Å². The third-order valence-corrected chi connectivity index (χ3v) is 16.8. The van der Waals surface area contributed by atoms with Gasteiger partial charge >= 0.3 is 0 Å². The zero-order valence-electron chi connectivity index (χ0n) is 82.1. The number of imidazole rings is 1. The molecule has 15 rings (SSSR count). The molecule has 5 heteroatoms. The Morgan fingerprint density at radius 1 is 0.528 bits per heavy atom. The van der Waals surface area contributed by atoms with Crippen molar-refractivity contribution in [2.45, 2.75) is 117 Å². The maximum Gasteiger partial charge on any atom is 0.269 e. The third kappa shape index (κ3) is 9.43. The third-order valence-electron chi connectivity index (χ3n) is 16.8. The van der Waals surface area contributed by atoms with Gasteiger partial charge in [-0.25, -0.2) is 4.98 Å². The van der Waals surface area contributed by atoms with Crippen LogP contribution in [-0.4, -0.2) is 14.1 Å². The van der Waals surface area contributed by atoms with Crippen molar-refractivity contribution >= 4 is 32.8 Å². The minimum absolute atomic E-state index is 0.00133. The van der Waals surface area contributed by atoms with E-state index in [9.17, 15) is 28.8 Å². The molecule has 0 N–H and O–H groups in total. The highest BCUT2D eigenvalue weighted by molar-refractivity contribution is 6.10. The first-order valence-corrected chi connectivity index (χ1v) is 28.9. The van der Waals surface area contributed by atoms with Crippen molar-refractivity contribution in [2.75, 3.05) is 0 Å². The number of rotatable bonds is 7. The van der Waals surface area contributed by atoms with Crippen LogP contribution in [0.4, 0.5) is 0 Å². The molecule has 0 unspecified atom stereocenters. The van der Waals surface area contributed by atoms with Gasteiger partial charge in [0, 0.05) is 53.2 Å². The minimum atomic E-state index is -4.77. The highest BCUT2D eigenvalue weighted by Crippen LogP contribution is 2.51. The number of nitrogens with zero attached hydrogens (tertiary/aromatic N) is 4. The summed E-state index contributed by atoms with van der Waals surface area (Å²) >= 11 is 0. The van der Waals surface area contributed by atoms with E-state index in [0.29, 0.717) is 11.3 Å². The summed E-state index contributed by atoms with van der Waals surface area (Å²) in [4.78, 5) is 4.84. The van der Waals surface area contributed by atoms with E-state index in [1.54, 1.807) is 48.7 Å². The van der Waals surface area contributed by atoms with Gasteiger partial charge in [-0.3, -0.25) is 13.7 Å². The molecule has 0 radical (unpaired) electrons. The second-order valence-corrected chi connectivity index (χ2v) is 24.7. The van der Waals surface area contributed by atoms with Gasteiger partial charge in [-0.15, -0.1) is 0 Å². The second-order valence-electron chi connectivity index (χ2n) is 24.7. The number of hydrogen-bond acceptors (Lipinski definition) is 2. The summed E-state index contributed by atoms with van der Waals surface area (Å²) in [6, 6.07) is 26.3. The summed E-state index contributed by atoms with van der Waals surface area (Å²) in [5.74, 6) is 0.951. The maximum atomic E-state index is 10.6. The summed E-state index contributed by atoms with van der Waals surface area (Å²) in [7, 11) is 0. The standard InChI is InChI=1S/C84H76N4O/c1-52-21-19-22-53(2)78(52)57-44-69(54-31-34-58(35-32-54)81(3,4)5)79-70(45-57)65-27-15-13-25-63(65)64-26-14-16-28-66(64)71-43-56(55-33-38-72-73(46-55)84(11,12)41-40-83(72,9)10)47-76-80(71)87(79)51-86(76)60-23-20-24-61(49-60)89-62-36-37-68-67-29-17-18-30-74(67)88(75(68)50-62)77-48-59(39-42-85-77)82(6,7)8/h13-39,42-50H,40-41H2,1-12H3/i1D3,2D3,9D3,10D3,11D3,12D3,13D,14D,15D,16D,25D,26D,27D,28D,33D,38D,40D2,41D2,46D. The van der Waals surface area contributed by atoms with Crippen molar-refractivity contribution in [2.24, 2.45) is 0 Å². The molecule has 0 fully saturated rings. The number of aryl methyl sites for hydroxylation is 2. The van der Waals surface area contributed by atoms with Crippen LogP contribution >= 0.6 is 0 Å². The molecule has 0 atom stereocenters. The first kappa shape index (κ1) is 30.6. The van der Waals surface area contributed by atoms with E-state index in [0.717, 1.165) is 39.5 Å². The Labute approximate surface area is 571 Å². The molecule has 1 aliphatic carbocycles. The van der Waals surface area contributed by atoms with E-state index in [4.69, 9.17) is 26.2 Å². The number of benzene rings is 10. The molecule has 4 heterocycles. The summed E-state index contributed by atoms with van der Waals surface area (Å²) in [6.07, 6.45) is -4.33. The first-order valence-electron chi connectivity index (χ1n) is 45.4. The Hall–Kier alpha value is -9.58. The SMILES string of the molecule is [2H]c1c([2H])c([2H])c2c(c1[2H])-c1cc(-c3c(C([2H])([2H])[2H])cccc3C([2H])([2H])[2H])cc(-c3ccc(C(C)(C)C)cc3)c1-[n+]1[c-]n(-c3cccc(Oc4ccc5c6ccccc6n(-c6cc(C(C)(C)C)ccn6)c5c4)c3)c3cc(-c4c([2H])c([2H])c5c(c4[2H])C(C([2H])([2H])[2H])(C([2H])([2H])[2H])C([2H])([2H])C([2H])([2H])C5(C([2H])([2H])[2H])C([2H])([2H])[2H])cc(c31)-c1c([2H])c([2H])c([2H])c([2H])c1-2. The van der Waals surface area contributed by atoms with Crippen molar-refractivity contribution in [1.82, 2.24) is 14.1 Å². The lowest BCUT2D eigenvalue weighted by atomic mass is 9.63. The molecule has 0 spiro atoms. The average molecular weight is 1190 g/mol. The molecular weight excluding hydrogens is 1080 g/mol. The van der Waals surface area contributed by atoms with Crippen LogP contribution in [0.5, 0.6) is 11.5 Å². The van der Waals surface area contributed by atoms with E-state index >= 15 is 0 Å². The van der Waals surface area contributed by atoms with Crippen molar-refractivity contribution in [1.29, 1.82) is 0 Å². The smallest absolute Gasteiger partial charge is 0.269 e. The highest BCUT2D eigenvalue weighted by atomic mass is 16.5. The molecule has 3 aromatic heterocycles. The molecule has 13 aromatic rings. The maximum absolute atomic E-state index is 10.6. The van der Waals surface area contributed by atoms with Crippen molar-refractivity contribution < 1.29 is 54.5 Å². The summed E-state index contributed by atoms with van der Waals surface area (Å²) in [5, 5.41) is 1.70. The van der Waals surface area contributed by atoms with Crippen LogP contribution in [0, 0.1) is 20.0 Å². The van der Waals surface area contributed by atoms with E-state index in [2.05, 4.69) is 27.1 Å². The van der Waals surface area contributed by atoms with E-state index in [1.165, 1.54) is 51.6 Å². The first-order chi connectivity index (χ1) is 56.2. The summed E-state index contributed by atoms with van der Waals surface area (Å²) in [5.41, 5.74) is -17.5. The molecule has 0 saturated heterocycles. The number of para-hydroxylation sites is 1. The fraction of sp³-hybridized carbons (Fsp3) is 0.214. The topological polar surface area (TPSA) is 35.9 Å². The molecule has 0 saturated carbocycles. The fourth-order valence-corrected chi connectivity index (χ4v) is 12.3. The van der Waals surface area contributed by atoms with Crippen LogP contribution in [0.15, 0.2) is 218 Å². The second kappa shape index (κ2) is 20.5. The number of ether oxygens (including phenoxy) is 1. The lowest BCUT2D eigenvalue weighted by Gasteiger charge is -2.42. The van der Waals surface area contributed by atoms with Gasteiger partial charge in [0.1, 0.15) is 17.3 Å². The van der Waals surface area contributed by atoms with E-state index in [-0.39, 0.29) is 67.1 Å². The van der Waals surface area contributed by atoms with Gasteiger partial charge in [0.15, 0.2) is 0 Å². The zero-order chi connectivity index (χ0) is 89.6. The van der Waals surface area contributed by atoms with Crippen LogP contribution < -0.4 is 9.30 Å². The highest BCUT2D eigenvalue weighted by Gasteiger charge is 2.38. The van der Waals surface area contributed by atoms with Crippen molar-refractivity contribution in [3.8, 4) is 95.5 Å². The van der Waals surface area contributed by atoms with Gasteiger partial charge in [-0.05, 0) is 215 Å². The molecule has 0 bridgehead atoms. The number of fused-ring (bicyclic) bond motifs is 11. The zero-order valence-corrected chi connectivity index (χ0v) is 49.1. The van der Waals surface area contributed by atoms with E-state index < -0.39 is 198 Å². The summed E-state index contributed by atoms with van der Waals surface area (Å²) < 4.78 is 324. The Morgan fingerprint density at radius 2 is 1.17 bits per heavy atom. The molecule has 438 valence electrons. The number of hydrogen-bond donors (Lipinski definition) is 0. The fourth-order valence-electron chi connectivity index (χ4n) is 12.3. The van der Waals surface area contributed by atoms with Gasteiger partial charge in [0.05, 0.1) is 48.5 Å². The van der Waals surface area contributed by atoms with Gasteiger partial charge in [-0.1, -0.05) is 208 Å². The van der Waals surface area contributed by atoms with Crippen LogP contribution in [0.25, 0.3) is 117 Å². The summed E-state index contributed by atoms with van der Waals surface area (Å²) in [6.45, 7) is -12.0. The number of pyridine rings is 1. The lowest BCUT2D eigenvalue weighted by Crippen LogP contribution is -2.33. The van der Waals surface area contributed by atoms with Gasteiger partial charge in [0.25, 0.3) is 6.33 Å². The van der Waals surface area contributed by atoms with Crippen molar-refractivity contribution in [3.63, 3.8) is 0 Å². The monoisotopic (exact) mass is 1190 g/mol. The molecule has 5 nitrogen and oxygen atoms in total. The van der Waals surface area contributed by atoms with Crippen LogP contribution in [0.3, 0.4) is 0 Å². The molecule has 2 aliphatic rings. The van der Waals surface area contributed by atoms with Crippen LogP contribution in [0.1, 0.15) is 160 Å². The Kier molecular flexibility index (Phi) is 7.04. The average Bonchev–Trinajstić information content (AvgIpc) is 0.770. The Balaban J connectivity index is 1.17. The Bertz CT molecular complexity index is 6560. The normalized spacial score (nSPS) is 21.5. The predicted molar refractivity (Wildman–Crippen MR) is 371 cm³/mol. The van der Waals surface area contributed by atoms with Crippen LogP contribution in [0.2, 0.25) is 0 Å². The quantitative estimate of drug-likeness (QED) is 0.118. The molecule has 89 heavy (non-hydrogen) atoms. The molecule has 1 aliphatic heterocycles. The van der Waals surface area contributed by atoms with Gasteiger partial charge in [-0.2, -0.15) is 0 Å². The minimum Gasteiger partial charge on any atom is -0.458 e. The largest absolute Gasteiger partial charge is 0.458 e. The molecule has 10 aromatic carbocycles. The molecular formula is C84H76N4O. The predicted octanol–water partition coefficient (Wildman–Crippen LogP) is 21.9. The van der Waals surface area contributed by atoms with E-state index in [1.807, 2.05) is 73.9 Å². The van der Waals surface area contributed by atoms with Gasteiger partial charge in [0.2, 0.25) is 0 Å². The van der Waals surface area contributed by atoms with Gasteiger partial charge < -0.3 is 4.74 Å². The molecule has 0 amide bonds. The lowest BCUT2D eigenvalue weighted by molar-refractivity contribution is -0.570. The van der Waals surface area contributed by atoms with Crippen LogP contribution in [-0.2, 0) is 21.7 Å². The number of aromatic nitrogens is 4.